The summed E-state index contributed by atoms with van der Waals surface area (Å²) in [7, 11) is 0. The summed E-state index contributed by atoms with van der Waals surface area (Å²) in [6, 6.07) is 2.89. The predicted octanol–water partition coefficient (Wildman–Crippen LogP) is 2.61. The van der Waals surface area contributed by atoms with Gasteiger partial charge in [-0.3, -0.25) is 5.10 Å². The van der Waals surface area contributed by atoms with Crippen molar-refractivity contribution in [2.75, 3.05) is 5.73 Å². The van der Waals surface area contributed by atoms with E-state index in [1.807, 2.05) is 0 Å². The van der Waals surface area contributed by atoms with Gasteiger partial charge in [0.2, 0.25) is 5.95 Å². The number of nitrogens with two attached hydrogens (primary N) is 1. The van der Waals surface area contributed by atoms with E-state index in [1.54, 1.807) is 6.07 Å². The summed E-state index contributed by atoms with van der Waals surface area (Å²) in [6.45, 7) is 0. The highest BCUT2D eigenvalue weighted by molar-refractivity contribution is 9.10. The normalized spacial score (nSPS) is 10.6. The van der Waals surface area contributed by atoms with Crippen LogP contribution in [0.1, 0.15) is 0 Å². The Balaban J connectivity index is 2.55. The number of nitrogens with one attached hydrogen (secondary N) is 1. The van der Waals surface area contributed by atoms with E-state index in [0.717, 1.165) is 0 Å². The third-order valence-corrected chi connectivity index (χ3v) is 3.00. The first kappa shape index (κ1) is 10.4. The number of aromatic amines is 1. The van der Waals surface area contributed by atoms with Crippen LogP contribution in [0, 0.1) is 5.82 Å². The van der Waals surface area contributed by atoms with Crippen LogP contribution >= 0.6 is 27.5 Å². The quantitative estimate of drug-likeness (QED) is 0.794. The maximum atomic E-state index is 13.3. The average Bonchev–Trinajstić information content (AvgIpc) is 2.60. The molecule has 0 aliphatic carbocycles. The van der Waals surface area contributed by atoms with Gasteiger partial charge in [-0.2, -0.15) is 4.98 Å². The summed E-state index contributed by atoms with van der Waals surface area (Å²) in [5, 5.41) is 6.26. The van der Waals surface area contributed by atoms with Gasteiger partial charge in [0.05, 0.1) is 5.02 Å². The summed E-state index contributed by atoms with van der Waals surface area (Å²) >= 11 is 8.79. The first-order valence-corrected chi connectivity index (χ1v) is 5.08. The molecule has 0 spiro atoms. The van der Waals surface area contributed by atoms with Gasteiger partial charge in [0.25, 0.3) is 0 Å². The molecular weight excluding hydrogens is 286 g/mol. The average molecular weight is 292 g/mol. The molecule has 1 heterocycles. The van der Waals surface area contributed by atoms with Gasteiger partial charge in [0.15, 0.2) is 5.82 Å². The monoisotopic (exact) mass is 290 g/mol. The van der Waals surface area contributed by atoms with Crippen LogP contribution in [0.3, 0.4) is 0 Å². The number of H-pyrrole nitrogens is 1. The lowest BCUT2D eigenvalue weighted by atomic mass is 10.2. The number of aromatic nitrogens is 3. The van der Waals surface area contributed by atoms with E-state index in [2.05, 4.69) is 31.1 Å². The number of hydrogen-bond acceptors (Lipinski definition) is 3. The van der Waals surface area contributed by atoms with Crippen LogP contribution in [0.4, 0.5) is 10.3 Å². The van der Waals surface area contributed by atoms with Crippen molar-refractivity contribution in [2.24, 2.45) is 0 Å². The Labute approximate surface area is 97.8 Å². The number of anilines is 1. The minimum absolute atomic E-state index is 0.0336. The van der Waals surface area contributed by atoms with E-state index < -0.39 is 5.82 Å². The van der Waals surface area contributed by atoms with Gasteiger partial charge < -0.3 is 5.73 Å². The minimum atomic E-state index is -0.531. The zero-order chi connectivity index (χ0) is 11.0. The molecule has 1 aromatic carbocycles. The summed E-state index contributed by atoms with van der Waals surface area (Å²) in [6.07, 6.45) is 0. The van der Waals surface area contributed by atoms with Crippen LogP contribution in [-0.2, 0) is 0 Å². The molecule has 2 aromatic rings. The summed E-state index contributed by atoms with van der Waals surface area (Å²) in [5.41, 5.74) is 5.86. The first-order chi connectivity index (χ1) is 7.08. The van der Waals surface area contributed by atoms with Crippen molar-refractivity contribution in [3.8, 4) is 11.4 Å². The number of nitrogen functional groups attached to an aromatic ring is 1. The molecular formula is C8H5BrClFN4. The van der Waals surface area contributed by atoms with Crippen LogP contribution in [0.25, 0.3) is 11.4 Å². The van der Waals surface area contributed by atoms with Crippen molar-refractivity contribution in [1.29, 1.82) is 0 Å². The second kappa shape index (κ2) is 3.79. The van der Waals surface area contributed by atoms with Crippen molar-refractivity contribution in [2.45, 2.75) is 0 Å². The van der Waals surface area contributed by atoms with Crippen molar-refractivity contribution < 1.29 is 4.39 Å². The van der Waals surface area contributed by atoms with Gasteiger partial charge in [0.1, 0.15) is 5.82 Å². The largest absolute Gasteiger partial charge is 0.366 e. The second-order valence-corrected chi connectivity index (χ2v) is 4.03. The van der Waals surface area contributed by atoms with Crippen molar-refractivity contribution in [3.63, 3.8) is 0 Å². The molecule has 1 aromatic heterocycles. The standard InChI is InChI=1S/C8H5BrClFN4/c9-4-1-3(2-5(11)6(4)10)7-13-8(12)15-14-7/h1-2H,(H3,12,13,14,15). The van der Waals surface area contributed by atoms with E-state index in [9.17, 15) is 4.39 Å². The molecule has 0 saturated heterocycles. The molecule has 78 valence electrons. The fraction of sp³-hybridized carbons (Fsp3) is 0. The SMILES string of the molecule is Nc1n[nH]c(-c2cc(F)c(Cl)c(Br)c2)n1. The van der Waals surface area contributed by atoms with Crippen LogP contribution in [0.2, 0.25) is 5.02 Å². The molecule has 0 saturated carbocycles. The Hall–Kier alpha value is -1.14. The number of halogens is 3. The van der Waals surface area contributed by atoms with Crippen LogP contribution in [0.15, 0.2) is 16.6 Å². The van der Waals surface area contributed by atoms with E-state index in [0.29, 0.717) is 15.9 Å². The minimum Gasteiger partial charge on any atom is -0.366 e. The highest BCUT2D eigenvalue weighted by atomic mass is 79.9. The molecule has 15 heavy (non-hydrogen) atoms. The zero-order valence-corrected chi connectivity index (χ0v) is 9.60. The molecule has 0 unspecified atom stereocenters. The highest BCUT2D eigenvalue weighted by Gasteiger charge is 2.10. The van der Waals surface area contributed by atoms with Crippen LogP contribution in [0.5, 0.6) is 0 Å². The lowest BCUT2D eigenvalue weighted by Crippen LogP contribution is -1.87. The maximum Gasteiger partial charge on any atom is 0.239 e. The van der Waals surface area contributed by atoms with Crippen LogP contribution < -0.4 is 5.73 Å². The van der Waals surface area contributed by atoms with Crippen LogP contribution in [-0.4, -0.2) is 15.2 Å². The summed E-state index contributed by atoms with van der Waals surface area (Å²) in [5.74, 6) is -0.0312. The van der Waals surface area contributed by atoms with Gasteiger partial charge >= 0.3 is 0 Å². The molecule has 0 radical (unpaired) electrons. The van der Waals surface area contributed by atoms with Gasteiger partial charge in [-0.25, -0.2) is 4.39 Å². The molecule has 0 fully saturated rings. The topological polar surface area (TPSA) is 67.6 Å². The van der Waals surface area contributed by atoms with E-state index in [4.69, 9.17) is 17.3 Å². The summed E-state index contributed by atoms with van der Waals surface area (Å²) < 4.78 is 13.7. The highest BCUT2D eigenvalue weighted by Crippen LogP contribution is 2.30. The molecule has 2 rings (SSSR count). The van der Waals surface area contributed by atoms with Gasteiger partial charge in [-0.15, -0.1) is 5.10 Å². The Morgan fingerprint density at radius 1 is 1.47 bits per heavy atom. The number of benzene rings is 1. The van der Waals surface area contributed by atoms with Crippen molar-refractivity contribution >= 4 is 33.5 Å². The van der Waals surface area contributed by atoms with Crippen molar-refractivity contribution in [1.82, 2.24) is 15.2 Å². The first-order valence-electron chi connectivity index (χ1n) is 3.90. The smallest absolute Gasteiger partial charge is 0.239 e. The second-order valence-electron chi connectivity index (χ2n) is 2.80. The molecule has 0 atom stereocenters. The van der Waals surface area contributed by atoms with E-state index in [-0.39, 0.29) is 11.0 Å². The molecule has 3 N–H and O–H groups in total. The Morgan fingerprint density at radius 2 is 2.20 bits per heavy atom. The van der Waals surface area contributed by atoms with E-state index in [1.165, 1.54) is 6.07 Å². The molecule has 7 heteroatoms. The Kier molecular flexibility index (Phi) is 2.62. The molecule has 0 aliphatic rings. The zero-order valence-electron chi connectivity index (χ0n) is 7.26. The van der Waals surface area contributed by atoms with Crippen molar-refractivity contribution in [3.05, 3.63) is 27.4 Å². The third kappa shape index (κ3) is 1.95. The fourth-order valence-corrected chi connectivity index (χ4v) is 1.64. The summed E-state index contributed by atoms with van der Waals surface area (Å²) in [4.78, 5) is 3.87. The van der Waals surface area contributed by atoms with E-state index >= 15 is 0 Å². The fourth-order valence-electron chi connectivity index (χ4n) is 1.10. The predicted molar refractivity (Wildman–Crippen MR) is 58.9 cm³/mol. The molecule has 0 aliphatic heterocycles. The lowest BCUT2D eigenvalue weighted by molar-refractivity contribution is 0.628. The van der Waals surface area contributed by atoms with Gasteiger partial charge in [-0.05, 0) is 28.1 Å². The number of hydrogen-bond donors (Lipinski definition) is 2. The Bertz CT molecular complexity index is 490. The van der Waals surface area contributed by atoms with Gasteiger partial charge in [0, 0.05) is 10.0 Å². The number of nitrogens with zero attached hydrogens (tertiary/aromatic N) is 2. The number of rotatable bonds is 1. The Morgan fingerprint density at radius 3 is 2.73 bits per heavy atom. The molecule has 0 bridgehead atoms. The third-order valence-electron chi connectivity index (χ3n) is 1.76. The molecule has 4 nitrogen and oxygen atoms in total. The van der Waals surface area contributed by atoms with Gasteiger partial charge in [-0.1, -0.05) is 11.6 Å². The lowest BCUT2D eigenvalue weighted by Gasteiger charge is -2.01. The molecule has 0 amide bonds. The maximum absolute atomic E-state index is 13.3.